The van der Waals surface area contributed by atoms with Gasteiger partial charge in [-0.15, -0.1) is 0 Å². The molecule has 0 spiro atoms. The maximum Gasteiger partial charge on any atom is 0.254 e. The van der Waals surface area contributed by atoms with Crippen molar-refractivity contribution in [2.75, 3.05) is 7.11 Å². The van der Waals surface area contributed by atoms with Crippen LogP contribution in [0.2, 0.25) is 10.0 Å². The lowest BCUT2D eigenvalue weighted by Gasteiger charge is -2.05. The van der Waals surface area contributed by atoms with Gasteiger partial charge in [0.05, 0.1) is 22.7 Å². The van der Waals surface area contributed by atoms with Crippen molar-refractivity contribution in [3.63, 3.8) is 0 Å². The average molecular weight is 239 g/mol. The summed E-state index contributed by atoms with van der Waals surface area (Å²) < 4.78 is 4.89. The van der Waals surface area contributed by atoms with Gasteiger partial charge in [-0.3, -0.25) is 4.79 Å². The first-order valence-electron chi connectivity index (χ1n) is 3.29. The van der Waals surface area contributed by atoms with E-state index >= 15 is 0 Å². The molecule has 0 unspecified atom stereocenters. The first-order chi connectivity index (χ1) is 6.06. The number of hydrogen-bond donors (Lipinski definition) is 0. The summed E-state index contributed by atoms with van der Waals surface area (Å²) in [5, 5.41) is -0.0834. The predicted molar refractivity (Wildman–Crippen MR) is 53.2 cm³/mol. The Morgan fingerprint density at radius 3 is 2.38 bits per heavy atom. The molecule has 5 heteroatoms. The smallest absolute Gasteiger partial charge is 0.254 e. The zero-order valence-electron chi connectivity index (χ0n) is 6.61. The molecule has 13 heavy (non-hydrogen) atoms. The number of carbonyl (C=O) groups excluding carboxylic acids is 1. The highest BCUT2D eigenvalue weighted by atomic mass is 35.5. The summed E-state index contributed by atoms with van der Waals surface area (Å²) in [6.45, 7) is 0. The molecule has 1 aromatic rings. The lowest BCUT2D eigenvalue weighted by Crippen LogP contribution is -1.93. The molecule has 0 amide bonds. The van der Waals surface area contributed by atoms with Crippen molar-refractivity contribution < 1.29 is 9.53 Å². The van der Waals surface area contributed by atoms with E-state index in [0.29, 0.717) is 10.8 Å². The molecule has 0 atom stereocenters. The quantitative estimate of drug-likeness (QED) is 0.740. The zero-order valence-corrected chi connectivity index (χ0v) is 8.87. The largest absolute Gasteiger partial charge is 0.495 e. The summed E-state index contributed by atoms with van der Waals surface area (Å²) in [5.41, 5.74) is 0.185. The molecule has 0 fully saturated rings. The Balaban J connectivity index is 3.30. The highest BCUT2D eigenvalue weighted by Gasteiger charge is 2.12. The van der Waals surface area contributed by atoms with Crippen LogP contribution in [0, 0.1) is 0 Å². The van der Waals surface area contributed by atoms with E-state index in [0.717, 1.165) is 0 Å². The van der Waals surface area contributed by atoms with Crippen LogP contribution in [0.3, 0.4) is 0 Å². The van der Waals surface area contributed by atoms with E-state index < -0.39 is 5.24 Å². The molecule has 0 bridgehead atoms. The van der Waals surface area contributed by atoms with Crippen LogP contribution in [0.1, 0.15) is 10.4 Å². The van der Waals surface area contributed by atoms with Gasteiger partial charge in [0.1, 0.15) is 5.75 Å². The lowest BCUT2D eigenvalue weighted by atomic mass is 10.2. The van der Waals surface area contributed by atoms with Crippen molar-refractivity contribution in [3.05, 3.63) is 27.7 Å². The Kier molecular flexibility index (Phi) is 3.42. The molecule has 1 aromatic carbocycles. The molecule has 0 aliphatic rings. The van der Waals surface area contributed by atoms with Gasteiger partial charge < -0.3 is 4.74 Å². The second-order valence-electron chi connectivity index (χ2n) is 2.24. The molecule has 0 radical (unpaired) electrons. The molecule has 1 rings (SSSR count). The Hall–Kier alpha value is -0.440. The number of methoxy groups -OCH3 is 1. The summed E-state index contributed by atoms with van der Waals surface area (Å²) in [7, 11) is 1.44. The fourth-order valence-electron chi connectivity index (χ4n) is 0.836. The van der Waals surface area contributed by atoms with Crippen LogP contribution in [-0.2, 0) is 0 Å². The van der Waals surface area contributed by atoms with E-state index in [9.17, 15) is 4.79 Å². The fraction of sp³-hybridized carbons (Fsp3) is 0.125. The second-order valence-corrected chi connectivity index (χ2v) is 3.40. The summed E-state index contributed by atoms with van der Waals surface area (Å²) in [4.78, 5) is 10.8. The molecular formula is C8H5Cl3O2. The zero-order chi connectivity index (χ0) is 10.0. The van der Waals surface area contributed by atoms with E-state index in [2.05, 4.69) is 0 Å². The molecule has 70 valence electrons. The van der Waals surface area contributed by atoms with Crippen LogP contribution in [0.25, 0.3) is 0 Å². The molecule has 0 saturated heterocycles. The highest BCUT2D eigenvalue weighted by molar-refractivity contribution is 6.68. The molecular weight excluding hydrogens is 234 g/mol. The summed E-state index contributed by atoms with van der Waals surface area (Å²) >= 11 is 16.7. The van der Waals surface area contributed by atoms with Gasteiger partial charge in [0, 0.05) is 0 Å². The first-order valence-corrected chi connectivity index (χ1v) is 4.42. The van der Waals surface area contributed by atoms with Gasteiger partial charge in [0.2, 0.25) is 0 Å². The topological polar surface area (TPSA) is 26.3 Å². The Morgan fingerprint density at radius 2 is 1.92 bits per heavy atom. The fourth-order valence-corrected chi connectivity index (χ4v) is 1.59. The minimum atomic E-state index is -0.639. The van der Waals surface area contributed by atoms with Gasteiger partial charge in [-0.2, -0.15) is 0 Å². The first kappa shape index (κ1) is 10.6. The van der Waals surface area contributed by atoms with Crippen molar-refractivity contribution in [3.8, 4) is 5.75 Å². The highest BCUT2D eigenvalue weighted by Crippen LogP contribution is 2.31. The number of hydrogen-bond acceptors (Lipinski definition) is 2. The standard InChI is InChI=1S/C8H5Cl3O2/c1-13-7-2-4(8(11)12)5(9)3-6(7)10/h2-3H,1H3. The third-order valence-corrected chi connectivity index (χ3v) is 2.26. The van der Waals surface area contributed by atoms with Gasteiger partial charge in [0.25, 0.3) is 5.24 Å². The van der Waals surface area contributed by atoms with Crippen LogP contribution in [0.15, 0.2) is 12.1 Å². The molecule has 0 aliphatic heterocycles. The van der Waals surface area contributed by atoms with E-state index in [-0.39, 0.29) is 10.6 Å². The number of ether oxygens (including phenoxy) is 1. The molecule has 0 aliphatic carbocycles. The van der Waals surface area contributed by atoms with E-state index in [1.807, 2.05) is 0 Å². The number of halogens is 3. The Bertz CT molecular complexity index is 349. The van der Waals surface area contributed by atoms with Gasteiger partial charge in [-0.1, -0.05) is 23.2 Å². The Morgan fingerprint density at radius 1 is 1.31 bits per heavy atom. The second kappa shape index (κ2) is 4.18. The van der Waals surface area contributed by atoms with Gasteiger partial charge in [-0.05, 0) is 23.7 Å². The monoisotopic (exact) mass is 238 g/mol. The SMILES string of the molecule is COc1cc(C(=O)Cl)c(Cl)cc1Cl. The van der Waals surface area contributed by atoms with Crippen molar-refractivity contribution in [2.24, 2.45) is 0 Å². The van der Waals surface area contributed by atoms with Gasteiger partial charge in [0.15, 0.2) is 0 Å². The normalized spacial score (nSPS) is 9.85. The summed E-state index contributed by atoms with van der Waals surface area (Å²) in [5.74, 6) is 0.370. The summed E-state index contributed by atoms with van der Waals surface area (Å²) in [6, 6.07) is 2.82. The molecule has 0 N–H and O–H groups in total. The predicted octanol–water partition coefficient (Wildman–Crippen LogP) is 3.38. The van der Waals surface area contributed by atoms with Crippen molar-refractivity contribution in [1.29, 1.82) is 0 Å². The van der Waals surface area contributed by atoms with Gasteiger partial charge >= 0.3 is 0 Å². The molecule has 0 aromatic heterocycles. The van der Waals surface area contributed by atoms with Crippen LogP contribution in [0.4, 0.5) is 0 Å². The number of benzene rings is 1. The van der Waals surface area contributed by atoms with Crippen LogP contribution < -0.4 is 4.74 Å². The average Bonchev–Trinajstić information content (AvgIpc) is 2.03. The molecule has 0 heterocycles. The van der Waals surface area contributed by atoms with Crippen LogP contribution in [0.5, 0.6) is 5.75 Å². The van der Waals surface area contributed by atoms with Crippen molar-refractivity contribution in [2.45, 2.75) is 0 Å². The van der Waals surface area contributed by atoms with E-state index in [4.69, 9.17) is 39.5 Å². The molecule has 0 saturated carbocycles. The van der Waals surface area contributed by atoms with Gasteiger partial charge in [-0.25, -0.2) is 0 Å². The number of carbonyl (C=O) groups is 1. The lowest BCUT2D eigenvalue weighted by molar-refractivity contribution is 0.108. The third-order valence-electron chi connectivity index (χ3n) is 1.45. The minimum Gasteiger partial charge on any atom is -0.495 e. The van der Waals surface area contributed by atoms with Crippen molar-refractivity contribution in [1.82, 2.24) is 0 Å². The summed E-state index contributed by atoms with van der Waals surface area (Å²) in [6.07, 6.45) is 0. The van der Waals surface area contributed by atoms with E-state index in [1.165, 1.54) is 19.2 Å². The maximum absolute atomic E-state index is 10.8. The van der Waals surface area contributed by atoms with E-state index in [1.54, 1.807) is 0 Å². The van der Waals surface area contributed by atoms with Crippen LogP contribution in [-0.4, -0.2) is 12.4 Å². The minimum absolute atomic E-state index is 0.185. The third kappa shape index (κ3) is 2.27. The van der Waals surface area contributed by atoms with Crippen molar-refractivity contribution >= 4 is 40.0 Å². The van der Waals surface area contributed by atoms with Crippen LogP contribution >= 0.6 is 34.8 Å². The number of rotatable bonds is 2. The molecule has 2 nitrogen and oxygen atoms in total. The Labute approximate surface area is 90.3 Å². The maximum atomic E-state index is 10.8.